The van der Waals surface area contributed by atoms with Gasteiger partial charge in [0, 0.05) is 45.8 Å². The second-order valence-corrected chi connectivity index (χ2v) is 8.65. The third-order valence-electron chi connectivity index (χ3n) is 6.80. The quantitative estimate of drug-likeness (QED) is 0.504. The Balaban J connectivity index is 1.58. The Morgan fingerprint density at radius 3 is 2.48 bits per heavy atom. The Labute approximate surface area is 187 Å². The van der Waals surface area contributed by atoms with E-state index in [-0.39, 0.29) is 5.54 Å². The molecule has 1 saturated heterocycles. The second kappa shape index (κ2) is 11.6. The van der Waals surface area contributed by atoms with Crippen molar-refractivity contribution in [2.45, 2.75) is 44.1 Å². The molecular weight excluding hydrogens is 392 g/mol. The number of methoxy groups -OCH3 is 2. The molecule has 1 aliphatic carbocycles. The number of nitrogens with one attached hydrogen (secondary N) is 1. The summed E-state index contributed by atoms with van der Waals surface area (Å²) in [6.07, 6.45) is 7.40. The topological polar surface area (TPSA) is 58.6 Å². The summed E-state index contributed by atoms with van der Waals surface area (Å²) in [6, 6.07) is 6.12. The number of rotatable bonds is 8. The number of benzene rings is 1. The monoisotopic (exact) mass is 432 g/mol. The molecule has 174 valence electrons. The SMILES string of the molecule is CN=C(NCC1(N2CCOCC2)CCCCC1)N(C)CCc1ccc(OC)c(OC)c1. The van der Waals surface area contributed by atoms with Crippen LogP contribution >= 0.6 is 0 Å². The molecule has 0 radical (unpaired) electrons. The molecule has 2 aliphatic rings. The number of hydrogen-bond acceptors (Lipinski definition) is 5. The Morgan fingerprint density at radius 1 is 1.13 bits per heavy atom. The summed E-state index contributed by atoms with van der Waals surface area (Å²) in [6.45, 7) is 5.59. The lowest BCUT2D eigenvalue weighted by Gasteiger charge is -2.48. The van der Waals surface area contributed by atoms with Crippen molar-refractivity contribution in [1.82, 2.24) is 15.1 Å². The maximum absolute atomic E-state index is 5.61. The van der Waals surface area contributed by atoms with Crippen LogP contribution in [0.5, 0.6) is 11.5 Å². The Morgan fingerprint density at radius 2 is 1.84 bits per heavy atom. The molecule has 1 aliphatic heterocycles. The zero-order valence-electron chi connectivity index (χ0n) is 19.8. The first-order valence-corrected chi connectivity index (χ1v) is 11.6. The fourth-order valence-electron chi connectivity index (χ4n) is 4.92. The summed E-state index contributed by atoms with van der Waals surface area (Å²) in [5, 5.41) is 3.70. The minimum absolute atomic E-state index is 0.224. The van der Waals surface area contributed by atoms with E-state index in [1.54, 1.807) is 14.2 Å². The third kappa shape index (κ3) is 6.04. The summed E-state index contributed by atoms with van der Waals surface area (Å²) in [7, 11) is 7.32. The van der Waals surface area contributed by atoms with Gasteiger partial charge in [-0.3, -0.25) is 9.89 Å². The molecule has 1 aromatic carbocycles. The van der Waals surface area contributed by atoms with Gasteiger partial charge in [-0.25, -0.2) is 0 Å². The van der Waals surface area contributed by atoms with Crippen LogP contribution in [0.4, 0.5) is 0 Å². The van der Waals surface area contributed by atoms with Crippen LogP contribution in [0.25, 0.3) is 0 Å². The highest BCUT2D eigenvalue weighted by atomic mass is 16.5. The van der Waals surface area contributed by atoms with Crippen LogP contribution in [-0.4, -0.2) is 89.0 Å². The highest BCUT2D eigenvalue weighted by Crippen LogP contribution is 2.34. The van der Waals surface area contributed by atoms with Crippen molar-refractivity contribution in [3.63, 3.8) is 0 Å². The predicted molar refractivity (Wildman–Crippen MR) is 125 cm³/mol. The lowest BCUT2D eigenvalue weighted by atomic mass is 9.80. The van der Waals surface area contributed by atoms with Crippen molar-refractivity contribution >= 4 is 5.96 Å². The smallest absolute Gasteiger partial charge is 0.193 e. The number of morpholine rings is 1. The van der Waals surface area contributed by atoms with E-state index < -0.39 is 0 Å². The highest BCUT2D eigenvalue weighted by Gasteiger charge is 2.38. The molecule has 2 fully saturated rings. The average molecular weight is 433 g/mol. The van der Waals surface area contributed by atoms with Crippen molar-refractivity contribution in [2.75, 3.05) is 67.7 Å². The molecule has 7 heteroatoms. The Hall–Kier alpha value is -1.99. The van der Waals surface area contributed by atoms with Crippen molar-refractivity contribution in [2.24, 2.45) is 4.99 Å². The summed E-state index contributed by atoms with van der Waals surface area (Å²) < 4.78 is 16.4. The molecule has 0 atom stereocenters. The van der Waals surface area contributed by atoms with Gasteiger partial charge in [-0.1, -0.05) is 25.3 Å². The first-order valence-electron chi connectivity index (χ1n) is 11.6. The van der Waals surface area contributed by atoms with Crippen LogP contribution in [0, 0.1) is 0 Å². The van der Waals surface area contributed by atoms with Crippen LogP contribution in [0.1, 0.15) is 37.7 Å². The van der Waals surface area contributed by atoms with E-state index in [0.29, 0.717) is 0 Å². The van der Waals surface area contributed by atoms with Crippen LogP contribution < -0.4 is 14.8 Å². The van der Waals surface area contributed by atoms with E-state index in [9.17, 15) is 0 Å². The van der Waals surface area contributed by atoms with E-state index in [2.05, 4.69) is 39.3 Å². The molecule has 1 heterocycles. The number of nitrogens with zero attached hydrogens (tertiary/aromatic N) is 3. The standard InChI is InChI=1S/C24H40N4O3/c1-25-23(27(2)13-10-20-8-9-21(29-3)22(18-20)30-4)26-19-24(11-6-5-7-12-24)28-14-16-31-17-15-28/h8-9,18H,5-7,10-17,19H2,1-4H3,(H,25,26). The van der Waals surface area contributed by atoms with Crippen molar-refractivity contribution in [3.8, 4) is 11.5 Å². The van der Waals surface area contributed by atoms with E-state index >= 15 is 0 Å². The molecule has 1 aromatic rings. The minimum atomic E-state index is 0.224. The molecule has 1 N–H and O–H groups in total. The van der Waals surface area contributed by atoms with Crippen molar-refractivity contribution in [1.29, 1.82) is 0 Å². The Bertz CT molecular complexity index is 713. The van der Waals surface area contributed by atoms with Crippen LogP contribution in [0.2, 0.25) is 0 Å². The molecule has 7 nitrogen and oxygen atoms in total. The van der Waals surface area contributed by atoms with E-state index in [0.717, 1.165) is 63.3 Å². The van der Waals surface area contributed by atoms with E-state index in [1.807, 2.05) is 13.1 Å². The van der Waals surface area contributed by atoms with Gasteiger partial charge in [-0.2, -0.15) is 0 Å². The fourth-order valence-corrected chi connectivity index (χ4v) is 4.92. The zero-order chi connectivity index (χ0) is 22.1. The number of hydrogen-bond donors (Lipinski definition) is 1. The maximum atomic E-state index is 5.61. The number of aliphatic imine (C=N–C) groups is 1. The van der Waals surface area contributed by atoms with Crippen molar-refractivity contribution in [3.05, 3.63) is 23.8 Å². The molecule has 0 spiro atoms. The van der Waals surface area contributed by atoms with E-state index in [4.69, 9.17) is 14.2 Å². The van der Waals surface area contributed by atoms with Gasteiger partial charge in [0.1, 0.15) is 0 Å². The van der Waals surface area contributed by atoms with Gasteiger partial charge >= 0.3 is 0 Å². The summed E-state index contributed by atoms with van der Waals surface area (Å²) in [4.78, 5) is 9.45. The molecule has 0 bridgehead atoms. The van der Waals surface area contributed by atoms with Gasteiger partial charge in [-0.15, -0.1) is 0 Å². The second-order valence-electron chi connectivity index (χ2n) is 8.65. The molecule has 31 heavy (non-hydrogen) atoms. The molecule has 3 rings (SSSR count). The van der Waals surface area contributed by atoms with Gasteiger partial charge in [0.05, 0.1) is 27.4 Å². The Kier molecular flexibility index (Phi) is 8.84. The predicted octanol–water partition coefficient (Wildman–Crippen LogP) is 2.79. The summed E-state index contributed by atoms with van der Waals surface area (Å²) >= 11 is 0. The molecule has 0 aromatic heterocycles. The molecule has 1 saturated carbocycles. The number of likely N-dealkylation sites (N-methyl/N-ethyl adjacent to an activating group) is 1. The summed E-state index contributed by atoms with van der Waals surface area (Å²) in [5.74, 6) is 2.49. The summed E-state index contributed by atoms with van der Waals surface area (Å²) in [5.41, 5.74) is 1.44. The average Bonchev–Trinajstić information content (AvgIpc) is 2.84. The minimum Gasteiger partial charge on any atom is -0.493 e. The highest BCUT2D eigenvalue weighted by molar-refractivity contribution is 5.79. The van der Waals surface area contributed by atoms with Gasteiger partial charge in [0.2, 0.25) is 0 Å². The lowest BCUT2D eigenvalue weighted by Crippen LogP contribution is -2.60. The largest absolute Gasteiger partial charge is 0.493 e. The van der Waals surface area contributed by atoms with Crippen LogP contribution in [0.15, 0.2) is 23.2 Å². The normalized spacial score (nSPS) is 19.7. The first-order chi connectivity index (χ1) is 15.1. The van der Waals surface area contributed by atoms with Crippen molar-refractivity contribution < 1.29 is 14.2 Å². The maximum Gasteiger partial charge on any atom is 0.193 e. The molecule has 0 unspecified atom stereocenters. The van der Waals surface area contributed by atoms with Gasteiger partial charge < -0.3 is 24.4 Å². The van der Waals surface area contributed by atoms with Crippen LogP contribution in [0.3, 0.4) is 0 Å². The number of ether oxygens (including phenoxy) is 3. The fraction of sp³-hybridized carbons (Fsp3) is 0.708. The van der Waals surface area contributed by atoms with Gasteiger partial charge in [0.25, 0.3) is 0 Å². The van der Waals surface area contributed by atoms with Gasteiger partial charge in [-0.05, 0) is 37.0 Å². The molecule has 0 amide bonds. The molecular formula is C24H40N4O3. The van der Waals surface area contributed by atoms with Crippen LogP contribution in [-0.2, 0) is 11.2 Å². The number of guanidine groups is 1. The third-order valence-corrected chi connectivity index (χ3v) is 6.80. The van der Waals surface area contributed by atoms with E-state index in [1.165, 1.54) is 37.7 Å². The van der Waals surface area contributed by atoms with Gasteiger partial charge in [0.15, 0.2) is 17.5 Å². The first kappa shape index (κ1) is 23.7. The lowest BCUT2D eigenvalue weighted by molar-refractivity contribution is -0.0354. The zero-order valence-corrected chi connectivity index (χ0v) is 19.8.